The highest BCUT2D eigenvalue weighted by molar-refractivity contribution is 7.74. The third-order valence-corrected chi connectivity index (χ3v) is 3.87. The molecule has 6 nitrogen and oxygen atoms in total. The lowest BCUT2D eigenvalue weighted by atomic mass is 10.0. The van der Waals surface area contributed by atoms with E-state index in [1.165, 1.54) is 0 Å². The lowest BCUT2D eigenvalue weighted by molar-refractivity contribution is 0.103. The smallest absolute Gasteiger partial charge is 0.301 e. The van der Waals surface area contributed by atoms with Gasteiger partial charge in [0.2, 0.25) is 0 Å². The van der Waals surface area contributed by atoms with E-state index >= 15 is 0 Å². The summed E-state index contributed by atoms with van der Waals surface area (Å²) < 4.78 is 28.9. The molecule has 25 heavy (non-hydrogen) atoms. The predicted octanol–water partition coefficient (Wildman–Crippen LogP) is 2.30. The Morgan fingerprint density at radius 1 is 1.08 bits per heavy atom. The van der Waals surface area contributed by atoms with Crippen LogP contribution in [-0.2, 0) is 26.9 Å². The second-order valence-electron chi connectivity index (χ2n) is 5.50. The van der Waals surface area contributed by atoms with E-state index in [-0.39, 0.29) is 18.4 Å². The van der Waals surface area contributed by atoms with Crippen LogP contribution < -0.4 is 5.73 Å². The fraction of sp³-hybridized carbons (Fsp3) is 0.278. The normalized spacial score (nSPS) is 13.4. The molecular weight excluding hydrogens is 342 g/mol. The van der Waals surface area contributed by atoms with Gasteiger partial charge in [0, 0.05) is 23.8 Å². The van der Waals surface area contributed by atoms with Gasteiger partial charge in [-0.2, -0.15) is 4.21 Å². The second kappa shape index (κ2) is 10.2. The number of ketones is 1. The van der Waals surface area contributed by atoms with Gasteiger partial charge in [0.1, 0.15) is 0 Å². The molecule has 0 aliphatic heterocycles. The third-order valence-electron chi connectivity index (χ3n) is 3.54. The SMILES string of the molecule is NC(CCOCc1ccc(C(=O)c2ccccc2)cc1)COS(=O)O. The first-order chi connectivity index (χ1) is 12.1. The molecule has 0 aromatic heterocycles. The number of carbonyl (C=O) groups excluding carboxylic acids is 1. The Labute approximate surface area is 149 Å². The number of rotatable bonds is 10. The van der Waals surface area contributed by atoms with Gasteiger partial charge in [0.25, 0.3) is 0 Å². The maximum atomic E-state index is 12.3. The van der Waals surface area contributed by atoms with Crippen LogP contribution in [0, 0.1) is 0 Å². The summed E-state index contributed by atoms with van der Waals surface area (Å²) in [4.78, 5) is 12.3. The molecule has 7 heteroatoms. The second-order valence-corrected chi connectivity index (χ2v) is 6.16. The number of nitrogens with two attached hydrogens (primary N) is 1. The average Bonchev–Trinajstić information content (AvgIpc) is 2.64. The fourth-order valence-corrected chi connectivity index (χ4v) is 2.45. The van der Waals surface area contributed by atoms with Crippen LogP contribution in [0.1, 0.15) is 27.9 Å². The van der Waals surface area contributed by atoms with E-state index in [9.17, 15) is 9.00 Å². The summed E-state index contributed by atoms with van der Waals surface area (Å²) in [5.74, 6) is -0.0136. The Kier molecular flexibility index (Phi) is 7.90. The molecule has 0 saturated carbocycles. The van der Waals surface area contributed by atoms with Gasteiger partial charge >= 0.3 is 11.4 Å². The molecule has 2 aromatic carbocycles. The van der Waals surface area contributed by atoms with Gasteiger partial charge in [-0.1, -0.05) is 54.6 Å². The number of hydrogen-bond acceptors (Lipinski definition) is 5. The molecule has 0 spiro atoms. The van der Waals surface area contributed by atoms with Crippen molar-refractivity contribution in [3.8, 4) is 0 Å². The van der Waals surface area contributed by atoms with E-state index in [1.807, 2.05) is 30.3 Å². The highest BCUT2D eigenvalue weighted by Crippen LogP contribution is 2.12. The fourth-order valence-electron chi connectivity index (χ4n) is 2.16. The number of carbonyl (C=O) groups is 1. The standard InChI is InChI=1S/C18H21NO5S/c19-17(13-24-25(21)22)10-11-23-12-14-6-8-16(9-7-14)18(20)15-4-2-1-3-5-15/h1-9,17H,10-13,19H2,(H,21,22). The van der Waals surface area contributed by atoms with Crippen molar-refractivity contribution in [2.75, 3.05) is 13.2 Å². The summed E-state index contributed by atoms with van der Waals surface area (Å²) in [6, 6.07) is 16.0. The first-order valence-electron chi connectivity index (χ1n) is 7.82. The first kappa shape index (κ1) is 19.4. The molecule has 3 N–H and O–H groups in total. The van der Waals surface area contributed by atoms with Gasteiger partial charge in [0.05, 0.1) is 13.2 Å². The number of hydrogen-bond donors (Lipinski definition) is 2. The Hall–Kier alpha value is -1.90. The van der Waals surface area contributed by atoms with Gasteiger partial charge in [-0.05, 0) is 12.0 Å². The molecule has 0 fully saturated rings. The molecule has 0 bridgehead atoms. The van der Waals surface area contributed by atoms with Crippen LogP contribution in [0.3, 0.4) is 0 Å². The molecule has 0 aliphatic rings. The minimum Gasteiger partial charge on any atom is -0.377 e. The van der Waals surface area contributed by atoms with Crippen molar-refractivity contribution < 1.29 is 22.5 Å². The molecule has 2 rings (SSSR count). The van der Waals surface area contributed by atoms with Crippen LogP contribution in [0.25, 0.3) is 0 Å². The van der Waals surface area contributed by atoms with Gasteiger partial charge in [0.15, 0.2) is 5.78 Å². The summed E-state index contributed by atoms with van der Waals surface area (Å²) in [7, 11) is 0. The lowest BCUT2D eigenvalue weighted by Crippen LogP contribution is -2.28. The molecule has 134 valence electrons. The lowest BCUT2D eigenvalue weighted by Gasteiger charge is -2.10. The van der Waals surface area contributed by atoms with Crippen molar-refractivity contribution in [2.24, 2.45) is 5.73 Å². The molecule has 0 saturated heterocycles. The summed E-state index contributed by atoms with van der Waals surface area (Å²) >= 11 is -2.29. The van der Waals surface area contributed by atoms with E-state index in [4.69, 9.17) is 15.0 Å². The largest absolute Gasteiger partial charge is 0.377 e. The van der Waals surface area contributed by atoms with E-state index < -0.39 is 11.4 Å². The van der Waals surface area contributed by atoms with Crippen LogP contribution in [0.5, 0.6) is 0 Å². The summed E-state index contributed by atoms with van der Waals surface area (Å²) in [5, 5.41) is 0. The Bertz CT molecular complexity index is 690. The van der Waals surface area contributed by atoms with Crippen LogP contribution in [0.4, 0.5) is 0 Å². The van der Waals surface area contributed by atoms with Crippen LogP contribution in [0.15, 0.2) is 54.6 Å². The zero-order valence-electron chi connectivity index (χ0n) is 13.7. The molecule has 0 aliphatic carbocycles. The minimum atomic E-state index is -2.29. The molecule has 2 aromatic rings. The maximum Gasteiger partial charge on any atom is 0.301 e. The summed E-state index contributed by atoms with van der Waals surface area (Å²) in [6.07, 6.45) is 0.516. The zero-order valence-corrected chi connectivity index (χ0v) is 14.5. The van der Waals surface area contributed by atoms with E-state index in [2.05, 4.69) is 4.18 Å². The van der Waals surface area contributed by atoms with E-state index in [1.54, 1.807) is 24.3 Å². The first-order valence-corrected chi connectivity index (χ1v) is 8.85. The quantitative estimate of drug-likeness (QED) is 0.382. The topological polar surface area (TPSA) is 98.9 Å². The van der Waals surface area contributed by atoms with Crippen molar-refractivity contribution in [3.63, 3.8) is 0 Å². The van der Waals surface area contributed by atoms with Crippen LogP contribution >= 0.6 is 0 Å². The Morgan fingerprint density at radius 3 is 2.36 bits per heavy atom. The molecular formula is C18H21NO5S. The number of benzene rings is 2. The van der Waals surface area contributed by atoms with Gasteiger partial charge in [-0.3, -0.25) is 13.5 Å². The maximum absolute atomic E-state index is 12.3. The average molecular weight is 363 g/mol. The van der Waals surface area contributed by atoms with Crippen molar-refractivity contribution >= 4 is 17.1 Å². The monoisotopic (exact) mass is 363 g/mol. The number of ether oxygens (including phenoxy) is 1. The van der Waals surface area contributed by atoms with Crippen molar-refractivity contribution in [1.29, 1.82) is 0 Å². The van der Waals surface area contributed by atoms with Gasteiger partial charge in [-0.15, -0.1) is 0 Å². The molecule has 2 unspecified atom stereocenters. The van der Waals surface area contributed by atoms with Crippen molar-refractivity contribution in [1.82, 2.24) is 0 Å². The third kappa shape index (κ3) is 6.85. The van der Waals surface area contributed by atoms with Crippen molar-refractivity contribution in [2.45, 2.75) is 19.1 Å². The highest BCUT2D eigenvalue weighted by atomic mass is 32.2. The van der Waals surface area contributed by atoms with Crippen LogP contribution in [0.2, 0.25) is 0 Å². The molecule has 0 radical (unpaired) electrons. The Balaban J connectivity index is 1.75. The van der Waals surface area contributed by atoms with Crippen LogP contribution in [-0.4, -0.2) is 33.8 Å². The van der Waals surface area contributed by atoms with Gasteiger partial charge in [-0.25, -0.2) is 0 Å². The Morgan fingerprint density at radius 2 is 1.72 bits per heavy atom. The van der Waals surface area contributed by atoms with E-state index in [0.29, 0.717) is 30.8 Å². The molecule has 0 heterocycles. The minimum absolute atomic E-state index is 0.00274. The molecule has 0 amide bonds. The van der Waals surface area contributed by atoms with E-state index in [0.717, 1.165) is 5.56 Å². The zero-order chi connectivity index (χ0) is 18.1. The van der Waals surface area contributed by atoms with Crippen molar-refractivity contribution in [3.05, 3.63) is 71.3 Å². The van der Waals surface area contributed by atoms with Gasteiger partial charge < -0.3 is 10.5 Å². The summed E-state index contributed by atoms with van der Waals surface area (Å²) in [6.45, 7) is 0.815. The highest BCUT2D eigenvalue weighted by Gasteiger charge is 2.08. The predicted molar refractivity (Wildman–Crippen MR) is 95.3 cm³/mol. The summed E-state index contributed by atoms with van der Waals surface area (Å²) in [5.41, 5.74) is 7.96. The molecule has 2 atom stereocenters.